The predicted molar refractivity (Wildman–Crippen MR) is 78.2 cm³/mol. The lowest BCUT2D eigenvalue weighted by Crippen LogP contribution is -2.27. The molecule has 1 heterocycles. The van der Waals surface area contributed by atoms with Crippen molar-refractivity contribution < 1.29 is 9.53 Å². The van der Waals surface area contributed by atoms with E-state index in [0.29, 0.717) is 5.56 Å². The molecule has 1 aromatic heterocycles. The van der Waals surface area contributed by atoms with Crippen LogP contribution in [0.4, 0.5) is 4.79 Å². The molecule has 2 aromatic rings. The van der Waals surface area contributed by atoms with Gasteiger partial charge in [0.25, 0.3) is 5.56 Å². The molecule has 0 atom stereocenters. The van der Waals surface area contributed by atoms with Crippen LogP contribution in [0.15, 0.2) is 51.9 Å². The third-order valence-electron chi connectivity index (χ3n) is 2.58. The number of ether oxygens (including phenoxy) is 1. The van der Waals surface area contributed by atoms with Crippen LogP contribution in [0.3, 0.4) is 0 Å². The van der Waals surface area contributed by atoms with Gasteiger partial charge in [0.15, 0.2) is 0 Å². The summed E-state index contributed by atoms with van der Waals surface area (Å²) in [6.45, 7) is 0.309. The molecule has 1 aromatic carbocycles. The van der Waals surface area contributed by atoms with E-state index in [2.05, 4.69) is 26.2 Å². The number of carbonyl (C=O) groups is 1. The fourth-order valence-electron chi connectivity index (χ4n) is 1.57. The van der Waals surface area contributed by atoms with Crippen LogP contribution < -0.4 is 10.9 Å². The van der Waals surface area contributed by atoms with Gasteiger partial charge in [0.1, 0.15) is 6.61 Å². The molecule has 6 heteroatoms. The highest BCUT2D eigenvalue weighted by Gasteiger charge is 2.05. The van der Waals surface area contributed by atoms with E-state index < -0.39 is 6.09 Å². The molecule has 0 aliphatic carbocycles. The molecule has 2 N–H and O–H groups in total. The Morgan fingerprint density at radius 1 is 1.30 bits per heavy atom. The van der Waals surface area contributed by atoms with Crippen LogP contribution in [-0.4, -0.2) is 11.1 Å². The molecule has 0 bridgehead atoms. The third kappa shape index (κ3) is 4.24. The van der Waals surface area contributed by atoms with E-state index >= 15 is 0 Å². The second kappa shape index (κ2) is 6.91. The Morgan fingerprint density at radius 2 is 2.05 bits per heavy atom. The number of alkyl carbamates (subject to hydrolysis) is 1. The summed E-state index contributed by atoms with van der Waals surface area (Å²) in [5, 5.41) is 2.54. The number of rotatable bonds is 4. The van der Waals surface area contributed by atoms with Gasteiger partial charge in [-0.15, -0.1) is 0 Å². The zero-order chi connectivity index (χ0) is 14.4. The minimum atomic E-state index is -0.562. The van der Waals surface area contributed by atoms with Crippen LogP contribution in [0.1, 0.15) is 11.1 Å². The zero-order valence-corrected chi connectivity index (χ0v) is 12.1. The Labute approximate surface area is 124 Å². The van der Waals surface area contributed by atoms with Gasteiger partial charge < -0.3 is 15.0 Å². The minimum Gasteiger partial charge on any atom is -0.445 e. The van der Waals surface area contributed by atoms with Crippen molar-refractivity contribution in [2.75, 3.05) is 0 Å². The lowest BCUT2D eigenvalue weighted by atomic mass is 10.2. The van der Waals surface area contributed by atoms with Crippen molar-refractivity contribution in [3.8, 4) is 0 Å². The maximum Gasteiger partial charge on any atom is 0.407 e. The largest absolute Gasteiger partial charge is 0.445 e. The number of aromatic nitrogens is 1. The van der Waals surface area contributed by atoms with Crippen molar-refractivity contribution >= 4 is 22.0 Å². The molecule has 0 radical (unpaired) electrons. The number of benzene rings is 1. The Kier molecular flexibility index (Phi) is 4.95. The quantitative estimate of drug-likeness (QED) is 0.901. The van der Waals surface area contributed by atoms with E-state index in [9.17, 15) is 9.59 Å². The third-order valence-corrected chi connectivity index (χ3v) is 3.04. The second-order valence-electron chi connectivity index (χ2n) is 4.09. The van der Waals surface area contributed by atoms with E-state index in [1.165, 1.54) is 0 Å². The monoisotopic (exact) mass is 336 g/mol. The van der Waals surface area contributed by atoms with Crippen molar-refractivity contribution in [3.63, 3.8) is 0 Å². The second-order valence-corrected chi connectivity index (χ2v) is 5.00. The minimum absolute atomic E-state index is 0.113. The molecule has 0 spiro atoms. The van der Waals surface area contributed by atoms with Crippen LogP contribution in [-0.2, 0) is 17.9 Å². The van der Waals surface area contributed by atoms with Gasteiger partial charge in [-0.1, -0.05) is 30.3 Å². The zero-order valence-electron chi connectivity index (χ0n) is 10.6. The van der Waals surface area contributed by atoms with Gasteiger partial charge in [0.2, 0.25) is 0 Å². The van der Waals surface area contributed by atoms with Crippen molar-refractivity contribution in [2.45, 2.75) is 13.2 Å². The van der Waals surface area contributed by atoms with Gasteiger partial charge in [0, 0.05) is 16.2 Å². The van der Waals surface area contributed by atoms with Crippen molar-refractivity contribution in [1.82, 2.24) is 10.3 Å². The topological polar surface area (TPSA) is 71.2 Å². The standard InChI is InChI=1S/C14H13BrN2O3/c15-12-6-11(13(18)16-8-12)7-17-14(19)20-9-10-4-2-1-3-5-10/h1-6,8H,7,9H2,(H,16,18)(H,17,19). The summed E-state index contributed by atoms with van der Waals surface area (Å²) in [5.74, 6) is 0. The van der Waals surface area contributed by atoms with Gasteiger partial charge in [-0.05, 0) is 27.6 Å². The van der Waals surface area contributed by atoms with Gasteiger partial charge in [-0.25, -0.2) is 4.79 Å². The number of nitrogens with one attached hydrogen (secondary N) is 2. The summed E-state index contributed by atoms with van der Waals surface area (Å²) in [6, 6.07) is 11.0. The molecular weight excluding hydrogens is 324 g/mol. The SMILES string of the molecule is O=C(NCc1cc(Br)c[nH]c1=O)OCc1ccccc1. The van der Waals surface area contributed by atoms with Crippen LogP contribution in [0.2, 0.25) is 0 Å². The molecule has 0 aliphatic heterocycles. The Balaban J connectivity index is 1.83. The summed E-state index contributed by atoms with van der Waals surface area (Å²) < 4.78 is 5.79. The van der Waals surface area contributed by atoms with Crippen molar-refractivity contribution in [2.24, 2.45) is 0 Å². The first-order valence-electron chi connectivity index (χ1n) is 5.97. The number of halogens is 1. The molecule has 1 amide bonds. The smallest absolute Gasteiger partial charge is 0.407 e. The summed E-state index contributed by atoms with van der Waals surface area (Å²) >= 11 is 3.25. The van der Waals surface area contributed by atoms with Crippen LogP contribution >= 0.6 is 15.9 Å². The predicted octanol–water partition coefficient (Wildman–Crippen LogP) is 2.56. The Morgan fingerprint density at radius 3 is 2.80 bits per heavy atom. The first-order chi connectivity index (χ1) is 9.65. The Bertz CT molecular complexity index is 640. The normalized spacial score (nSPS) is 10.1. The first-order valence-corrected chi connectivity index (χ1v) is 6.76. The number of pyridine rings is 1. The number of carbonyl (C=O) groups excluding carboxylic acids is 1. The number of amides is 1. The molecule has 20 heavy (non-hydrogen) atoms. The lowest BCUT2D eigenvalue weighted by molar-refractivity contribution is 0.139. The van der Waals surface area contributed by atoms with Crippen LogP contribution in [0.25, 0.3) is 0 Å². The molecule has 0 saturated carbocycles. The number of hydrogen-bond donors (Lipinski definition) is 2. The maximum absolute atomic E-state index is 11.5. The molecule has 0 aliphatic rings. The van der Waals surface area contributed by atoms with Gasteiger partial charge in [-0.2, -0.15) is 0 Å². The van der Waals surface area contributed by atoms with E-state index in [0.717, 1.165) is 10.0 Å². The van der Waals surface area contributed by atoms with Crippen LogP contribution in [0.5, 0.6) is 0 Å². The van der Waals surface area contributed by atoms with Gasteiger partial charge in [-0.3, -0.25) is 4.79 Å². The van der Waals surface area contributed by atoms with E-state index in [4.69, 9.17) is 4.74 Å². The summed E-state index contributed by atoms with van der Waals surface area (Å²) in [6.07, 6.45) is 0.979. The summed E-state index contributed by atoms with van der Waals surface area (Å²) in [4.78, 5) is 25.6. The fraction of sp³-hybridized carbons (Fsp3) is 0.143. The van der Waals surface area contributed by atoms with Gasteiger partial charge >= 0.3 is 6.09 Å². The van der Waals surface area contributed by atoms with Crippen molar-refractivity contribution in [1.29, 1.82) is 0 Å². The molecule has 5 nitrogen and oxygen atoms in total. The maximum atomic E-state index is 11.5. The first kappa shape index (κ1) is 14.3. The van der Waals surface area contributed by atoms with E-state index in [-0.39, 0.29) is 18.7 Å². The summed E-state index contributed by atoms with van der Waals surface area (Å²) in [7, 11) is 0. The molecule has 2 rings (SSSR count). The highest BCUT2D eigenvalue weighted by molar-refractivity contribution is 9.10. The highest BCUT2D eigenvalue weighted by atomic mass is 79.9. The average molecular weight is 337 g/mol. The van der Waals surface area contributed by atoms with Gasteiger partial charge in [0.05, 0.1) is 6.54 Å². The van der Waals surface area contributed by atoms with E-state index in [1.54, 1.807) is 12.3 Å². The number of hydrogen-bond acceptors (Lipinski definition) is 3. The number of H-pyrrole nitrogens is 1. The fourth-order valence-corrected chi connectivity index (χ4v) is 1.96. The molecule has 104 valence electrons. The lowest BCUT2D eigenvalue weighted by Gasteiger charge is -2.07. The van der Waals surface area contributed by atoms with Crippen molar-refractivity contribution in [3.05, 3.63) is 68.5 Å². The summed E-state index contributed by atoms with van der Waals surface area (Å²) in [5.41, 5.74) is 1.12. The Hall–Kier alpha value is -2.08. The average Bonchev–Trinajstić information content (AvgIpc) is 2.47. The highest BCUT2D eigenvalue weighted by Crippen LogP contribution is 2.06. The molecule has 0 fully saturated rings. The molecule has 0 saturated heterocycles. The van der Waals surface area contributed by atoms with E-state index in [1.807, 2.05) is 30.3 Å². The molecule has 0 unspecified atom stereocenters. The molecular formula is C14H13BrN2O3. The van der Waals surface area contributed by atoms with Crippen LogP contribution in [0, 0.1) is 0 Å². The number of aromatic amines is 1.